The van der Waals surface area contributed by atoms with Crippen molar-refractivity contribution < 1.29 is 19.4 Å². The molecule has 1 aliphatic heterocycles. The van der Waals surface area contributed by atoms with E-state index in [0.29, 0.717) is 25.9 Å². The van der Waals surface area contributed by atoms with E-state index < -0.39 is 11.9 Å². The maximum Gasteiger partial charge on any atom is 0.307 e. The average molecular weight is 241 g/mol. The molecule has 5 nitrogen and oxygen atoms in total. The zero-order chi connectivity index (χ0) is 12.4. The number of carboxylic acid groups (broad SMARTS) is 1. The van der Waals surface area contributed by atoms with Crippen molar-refractivity contribution in [2.24, 2.45) is 11.8 Å². The normalized spacial score (nSPS) is 33.0. The standard InChI is InChI=1S/C12H19NO4/c1-17-8-5-6-13(7-8)11(14)9-3-2-4-10(9)12(15)16/h8-10H,2-7H2,1H3,(H,15,16). The van der Waals surface area contributed by atoms with Crippen LogP contribution < -0.4 is 0 Å². The second-order valence-corrected chi connectivity index (χ2v) is 4.91. The predicted octanol–water partition coefficient (Wildman–Crippen LogP) is 0.735. The van der Waals surface area contributed by atoms with E-state index in [-0.39, 0.29) is 17.9 Å². The van der Waals surface area contributed by atoms with Gasteiger partial charge in [-0.05, 0) is 19.3 Å². The zero-order valence-corrected chi connectivity index (χ0v) is 10.1. The smallest absolute Gasteiger partial charge is 0.307 e. The van der Waals surface area contributed by atoms with E-state index in [1.165, 1.54) is 0 Å². The SMILES string of the molecule is COC1CCN(C(=O)C2CCCC2C(=O)O)C1. The molecule has 0 aromatic carbocycles. The van der Waals surface area contributed by atoms with Crippen LogP contribution in [0.1, 0.15) is 25.7 Å². The fraction of sp³-hybridized carbons (Fsp3) is 0.833. The van der Waals surface area contributed by atoms with Crippen LogP contribution >= 0.6 is 0 Å². The van der Waals surface area contributed by atoms with Crippen molar-refractivity contribution in [2.45, 2.75) is 31.8 Å². The van der Waals surface area contributed by atoms with Crippen LogP contribution in [0.15, 0.2) is 0 Å². The lowest BCUT2D eigenvalue weighted by molar-refractivity contribution is -0.148. The first kappa shape index (κ1) is 12.4. The summed E-state index contributed by atoms with van der Waals surface area (Å²) in [5.74, 6) is -1.62. The number of carboxylic acids is 1. The average Bonchev–Trinajstić information content (AvgIpc) is 2.97. The molecule has 3 atom stereocenters. The number of ether oxygens (including phenoxy) is 1. The predicted molar refractivity (Wildman–Crippen MR) is 60.5 cm³/mol. The lowest BCUT2D eigenvalue weighted by Gasteiger charge is -2.22. The van der Waals surface area contributed by atoms with Gasteiger partial charge in [-0.2, -0.15) is 0 Å². The van der Waals surface area contributed by atoms with Crippen LogP contribution in [-0.2, 0) is 14.3 Å². The molecular weight excluding hydrogens is 222 g/mol. The molecule has 5 heteroatoms. The Morgan fingerprint density at radius 3 is 2.53 bits per heavy atom. The summed E-state index contributed by atoms with van der Waals surface area (Å²) in [5.41, 5.74) is 0. The highest BCUT2D eigenvalue weighted by atomic mass is 16.5. The molecule has 1 saturated heterocycles. The van der Waals surface area contributed by atoms with E-state index in [1.807, 2.05) is 0 Å². The van der Waals surface area contributed by atoms with Crippen molar-refractivity contribution in [1.82, 2.24) is 4.90 Å². The van der Waals surface area contributed by atoms with Crippen LogP contribution in [0.5, 0.6) is 0 Å². The highest BCUT2D eigenvalue weighted by Gasteiger charge is 2.41. The first-order valence-corrected chi connectivity index (χ1v) is 6.18. The highest BCUT2D eigenvalue weighted by molar-refractivity contribution is 5.85. The molecule has 1 N–H and O–H groups in total. The lowest BCUT2D eigenvalue weighted by Crippen LogP contribution is -2.38. The molecule has 2 rings (SSSR count). The summed E-state index contributed by atoms with van der Waals surface area (Å²) in [6.07, 6.45) is 3.16. The van der Waals surface area contributed by atoms with E-state index >= 15 is 0 Å². The number of rotatable bonds is 3. The van der Waals surface area contributed by atoms with Gasteiger partial charge < -0.3 is 14.7 Å². The van der Waals surface area contributed by atoms with E-state index in [1.54, 1.807) is 12.0 Å². The third-order valence-corrected chi connectivity index (χ3v) is 3.94. The molecule has 0 bridgehead atoms. The molecule has 0 aromatic rings. The van der Waals surface area contributed by atoms with Crippen LogP contribution in [0.2, 0.25) is 0 Å². The number of hydrogen-bond donors (Lipinski definition) is 1. The molecule has 17 heavy (non-hydrogen) atoms. The molecule has 1 saturated carbocycles. The minimum Gasteiger partial charge on any atom is -0.481 e. The van der Waals surface area contributed by atoms with Gasteiger partial charge in [-0.15, -0.1) is 0 Å². The van der Waals surface area contributed by atoms with Crippen LogP contribution in [0.25, 0.3) is 0 Å². The number of likely N-dealkylation sites (tertiary alicyclic amines) is 1. The Hall–Kier alpha value is -1.10. The van der Waals surface area contributed by atoms with Gasteiger partial charge in [0.05, 0.1) is 17.9 Å². The Kier molecular flexibility index (Phi) is 3.66. The topological polar surface area (TPSA) is 66.8 Å². The summed E-state index contributed by atoms with van der Waals surface area (Å²) in [5, 5.41) is 9.08. The van der Waals surface area contributed by atoms with E-state index in [9.17, 15) is 9.59 Å². The molecule has 2 fully saturated rings. The molecule has 1 heterocycles. The highest BCUT2D eigenvalue weighted by Crippen LogP contribution is 2.34. The molecule has 96 valence electrons. The lowest BCUT2D eigenvalue weighted by atomic mass is 9.95. The molecular formula is C12H19NO4. The van der Waals surface area contributed by atoms with Crippen molar-refractivity contribution in [1.29, 1.82) is 0 Å². The number of amides is 1. The van der Waals surface area contributed by atoms with Crippen LogP contribution in [-0.4, -0.2) is 48.2 Å². The van der Waals surface area contributed by atoms with Gasteiger partial charge in [0, 0.05) is 20.2 Å². The van der Waals surface area contributed by atoms with E-state index in [2.05, 4.69) is 0 Å². The van der Waals surface area contributed by atoms with Crippen molar-refractivity contribution in [3.05, 3.63) is 0 Å². The minimum atomic E-state index is -0.830. The molecule has 1 aliphatic carbocycles. The third-order valence-electron chi connectivity index (χ3n) is 3.94. The second-order valence-electron chi connectivity index (χ2n) is 4.91. The second kappa shape index (κ2) is 5.04. The van der Waals surface area contributed by atoms with Gasteiger partial charge in [0.25, 0.3) is 0 Å². The summed E-state index contributed by atoms with van der Waals surface area (Å²) in [6, 6.07) is 0. The van der Waals surface area contributed by atoms with Crippen molar-refractivity contribution in [3.63, 3.8) is 0 Å². The molecule has 0 spiro atoms. The maximum atomic E-state index is 12.2. The quantitative estimate of drug-likeness (QED) is 0.791. The number of nitrogens with zero attached hydrogens (tertiary/aromatic N) is 1. The van der Waals surface area contributed by atoms with E-state index in [0.717, 1.165) is 12.8 Å². The fourth-order valence-corrected chi connectivity index (χ4v) is 2.91. The Labute approximate surface area is 101 Å². The van der Waals surface area contributed by atoms with Crippen molar-refractivity contribution in [2.75, 3.05) is 20.2 Å². The van der Waals surface area contributed by atoms with Crippen molar-refractivity contribution in [3.8, 4) is 0 Å². The van der Waals surface area contributed by atoms with Gasteiger partial charge in [0.15, 0.2) is 0 Å². The third kappa shape index (κ3) is 2.44. The van der Waals surface area contributed by atoms with Gasteiger partial charge in [-0.3, -0.25) is 9.59 Å². The summed E-state index contributed by atoms with van der Waals surface area (Å²) in [4.78, 5) is 25.1. The monoisotopic (exact) mass is 241 g/mol. The number of carbonyl (C=O) groups excluding carboxylic acids is 1. The van der Waals surface area contributed by atoms with Crippen LogP contribution in [0, 0.1) is 11.8 Å². The molecule has 3 unspecified atom stereocenters. The largest absolute Gasteiger partial charge is 0.481 e. The number of methoxy groups -OCH3 is 1. The van der Waals surface area contributed by atoms with Crippen LogP contribution in [0.3, 0.4) is 0 Å². The Balaban J connectivity index is 1.98. The Bertz CT molecular complexity index is 318. The van der Waals surface area contributed by atoms with Crippen molar-refractivity contribution >= 4 is 11.9 Å². The zero-order valence-electron chi connectivity index (χ0n) is 10.1. The number of aliphatic carboxylic acids is 1. The molecule has 0 radical (unpaired) electrons. The van der Waals surface area contributed by atoms with Gasteiger partial charge in [0.1, 0.15) is 0 Å². The fourth-order valence-electron chi connectivity index (χ4n) is 2.91. The number of hydrogen-bond acceptors (Lipinski definition) is 3. The van der Waals surface area contributed by atoms with Gasteiger partial charge in [-0.1, -0.05) is 6.42 Å². The van der Waals surface area contributed by atoms with Gasteiger partial charge >= 0.3 is 5.97 Å². The molecule has 2 aliphatic rings. The Morgan fingerprint density at radius 2 is 1.94 bits per heavy atom. The van der Waals surface area contributed by atoms with Gasteiger partial charge in [0.2, 0.25) is 5.91 Å². The maximum absolute atomic E-state index is 12.2. The number of carbonyl (C=O) groups is 2. The van der Waals surface area contributed by atoms with E-state index in [4.69, 9.17) is 9.84 Å². The Morgan fingerprint density at radius 1 is 1.24 bits per heavy atom. The summed E-state index contributed by atoms with van der Waals surface area (Å²) in [7, 11) is 1.65. The molecule has 0 aromatic heterocycles. The molecule has 1 amide bonds. The first-order valence-electron chi connectivity index (χ1n) is 6.18. The minimum absolute atomic E-state index is 0.00875. The summed E-state index contributed by atoms with van der Waals surface area (Å²) < 4.78 is 5.22. The summed E-state index contributed by atoms with van der Waals surface area (Å²) in [6.45, 7) is 1.30. The van der Waals surface area contributed by atoms with Gasteiger partial charge in [-0.25, -0.2) is 0 Å². The first-order chi connectivity index (χ1) is 8.13. The van der Waals surface area contributed by atoms with Crippen LogP contribution in [0.4, 0.5) is 0 Å². The summed E-state index contributed by atoms with van der Waals surface area (Å²) >= 11 is 0.